The number of amides is 2. The third-order valence-electron chi connectivity index (χ3n) is 5.23. The first-order valence-electron chi connectivity index (χ1n) is 10.1. The summed E-state index contributed by atoms with van der Waals surface area (Å²) in [6.07, 6.45) is 0. The molecule has 4 nitrogen and oxygen atoms in total. The fourth-order valence-electron chi connectivity index (χ4n) is 3.59. The van der Waals surface area contributed by atoms with E-state index in [0.29, 0.717) is 29.4 Å². The van der Waals surface area contributed by atoms with Crippen LogP contribution in [-0.4, -0.2) is 22.5 Å². The number of carbonyl (C=O) groups excluding carboxylic acids is 2. The van der Waals surface area contributed by atoms with E-state index < -0.39 is 0 Å². The minimum Gasteiger partial charge on any atom is -0.348 e. The summed E-state index contributed by atoms with van der Waals surface area (Å²) in [6.45, 7) is 3.06. The summed E-state index contributed by atoms with van der Waals surface area (Å²) in [5, 5.41) is 3.58. The van der Waals surface area contributed by atoms with Gasteiger partial charge in [0, 0.05) is 23.7 Å². The minimum atomic E-state index is -0.110. The molecule has 3 aromatic rings. The maximum atomic E-state index is 12.5. The Labute approximate surface area is 191 Å². The number of nitrogens with one attached hydrogen (secondary N) is 1. The molecule has 1 heterocycles. The van der Waals surface area contributed by atoms with E-state index in [2.05, 4.69) is 11.4 Å². The lowest BCUT2D eigenvalue weighted by molar-refractivity contribution is -0.128. The number of hydrogen-bond acceptors (Lipinski definition) is 3. The number of carbonyl (C=O) groups is 2. The normalized spacial score (nSPS) is 15.9. The molecule has 0 spiro atoms. The molecule has 0 aromatic heterocycles. The Bertz CT molecular complexity index is 1080. The number of aryl methyl sites for hydroxylation is 1. The van der Waals surface area contributed by atoms with Crippen molar-refractivity contribution in [3.05, 3.63) is 106 Å². The molecule has 31 heavy (non-hydrogen) atoms. The van der Waals surface area contributed by atoms with Gasteiger partial charge in [-0.1, -0.05) is 65.7 Å². The second kappa shape index (κ2) is 9.58. The zero-order valence-electron chi connectivity index (χ0n) is 17.2. The average molecular weight is 451 g/mol. The molecule has 0 radical (unpaired) electrons. The fraction of sp³-hybridized carbons (Fsp3) is 0.200. The predicted octanol–water partition coefficient (Wildman–Crippen LogP) is 5.35. The van der Waals surface area contributed by atoms with E-state index in [1.165, 1.54) is 5.56 Å². The number of hydrogen-bond donors (Lipinski definition) is 1. The number of benzene rings is 3. The van der Waals surface area contributed by atoms with Crippen molar-refractivity contribution in [2.24, 2.45) is 0 Å². The molecule has 1 aliphatic heterocycles. The van der Waals surface area contributed by atoms with E-state index in [0.717, 1.165) is 16.7 Å². The molecule has 1 saturated heterocycles. The first-order valence-corrected chi connectivity index (χ1v) is 11.5. The van der Waals surface area contributed by atoms with E-state index >= 15 is 0 Å². The Morgan fingerprint density at radius 3 is 2.52 bits per heavy atom. The number of thioether (sulfide) groups is 1. The van der Waals surface area contributed by atoms with Crippen molar-refractivity contribution in [1.82, 2.24) is 10.2 Å². The maximum absolute atomic E-state index is 12.5. The number of nitrogens with zero attached hydrogens (tertiary/aromatic N) is 1. The molecule has 2 amide bonds. The van der Waals surface area contributed by atoms with Crippen LogP contribution in [0.1, 0.15) is 38.0 Å². The standard InChI is InChI=1S/C25H23ClN2O2S/c1-17-3-2-4-19(13-17)14-27-24(30)20-7-9-21(10-8-20)25-28(23(29)16-31-25)15-18-5-11-22(26)12-6-18/h2-13,25H,14-16H2,1H3,(H,27,30)/t25-/m1/s1. The molecule has 6 heteroatoms. The second-order valence-electron chi connectivity index (χ2n) is 7.61. The van der Waals surface area contributed by atoms with Crippen LogP contribution >= 0.6 is 23.4 Å². The van der Waals surface area contributed by atoms with Crippen LogP contribution in [0, 0.1) is 6.92 Å². The quantitative estimate of drug-likeness (QED) is 0.550. The number of halogens is 1. The molecule has 0 bridgehead atoms. The van der Waals surface area contributed by atoms with Crippen molar-refractivity contribution in [2.75, 3.05) is 5.75 Å². The van der Waals surface area contributed by atoms with Crippen LogP contribution < -0.4 is 5.32 Å². The van der Waals surface area contributed by atoms with Gasteiger partial charge in [0.2, 0.25) is 5.91 Å². The summed E-state index contributed by atoms with van der Waals surface area (Å²) in [6, 6.07) is 23.2. The summed E-state index contributed by atoms with van der Waals surface area (Å²) in [5.41, 5.74) is 4.90. The number of rotatable bonds is 6. The summed E-state index contributed by atoms with van der Waals surface area (Å²) in [7, 11) is 0. The van der Waals surface area contributed by atoms with Crippen molar-refractivity contribution in [3.8, 4) is 0 Å². The third kappa shape index (κ3) is 5.30. The molecular formula is C25H23ClN2O2S. The molecule has 1 atom stereocenters. The smallest absolute Gasteiger partial charge is 0.251 e. The molecule has 1 N–H and O–H groups in total. The zero-order valence-corrected chi connectivity index (χ0v) is 18.7. The predicted molar refractivity (Wildman–Crippen MR) is 126 cm³/mol. The lowest BCUT2D eigenvalue weighted by Crippen LogP contribution is -2.27. The van der Waals surface area contributed by atoms with Gasteiger partial charge in [0.05, 0.1) is 5.75 Å². The van der Waals surface area contributed by atoms with Gasteiger partial charge in [0.25, 0.3) is 5.91 Å². The van der Waals surface area contributed by atoms with Gasteiger partial charge < -0.3 is 10.2 Å². The van der Waals surface area contributed by atoms with E-state index in [9.17, 15) is 9.59 Å². The molecule has 0 saturated carbocycles. The Morgan fingerprint density at radius 2 is 1.81 bits per heavy atom. The fourth-order valence-corrected chi connectivity index (χ4v) is 4.91. The molecule has 3 aromatic carbocycles. The monoisotopic (exact) mass is 450 g/mol. The first kappa shape index (κ1) is 21.5. The third-order valence-corrected chi connectivity index (χ3v) is 6.74. The highest BCUT2D eigenvalue weighted by molar-refractivity contribution is 8.00. The van der Waals surface area contributed by atoms with Crippen LogP contribution in [0.15, 0.2) is 72.8 Å². The molecule has 1 aliphatic rings. The van der Waals surface area contributed by atoms with Gasteiger partial charge >= 0.3 is 0 Å². The SMILES string of the molecule is Cc1cccc(CNC(=O)c2ccc([C@H]3SCC(=O)N3Cc3ccc(Cl)cc3)cc2)c1. The topological polar surface area (TPSA) is 49.4 Å². The van der Waals surface area contributed by atoms with Crippen LogP contribution in [0.3, 0.4) is 0 Å². The van der Waals surface area contributed by atoms with Gasteiger partial charge in [-0.25, -0.2) is 0 Å². The Hall–Kier alpha value is -2.76. The summed E-state index contributed by atoms with van der Waals surface area (Å²) < 4.78 is 0. The maximum Gasteiger partial charge on any atom is 0.251 e. The zero-order chi connectivity index (χ0) is 21.8. The summed E-state index contributed by atoms with van der Waals surface area (Å²) in [4.78, 5) is 26.9. The van der Waals surface area contributed by atoms with Crippen molar-refractivity contribution in [1.29, 1.82) is 0 Å². The Balaban J connectivity index is 1.42. The highest BCUT2D eigenvalue weighted by Gasteiger charge is 2.32. The summed E-state index contributed by atoms with van der Waals surface area (Å²) >= 11 is 7.58. The van der Waals surface area contributed by atoms with E-state index in [1.807, 2.05) is 78.6 Å². The molecule has 0 aliphatic carbocycles. The van der Waals surface area contributed by atoms with Gasteiger partial charge in [-0.05, 0) is 47.9 Å². The lowest BCUT2D eigenvalue weighted by atomic mass is 10.1. The van der Waals surface area contributed by atoms with Gasteiger partial charge in [0.1, 0.15) is 5.37 Å². The van der Waals surface area contributed by atoms with Gasteiger partial charge in [-0.3, -0.25) is 9.59 Å². The van der Waals surface area contributed by atoms with Crippen LogP contribution in [0.2, 0.25) is 5.02 Å². The van der Waals surface area contributed by atoms with E-state index in [1.54, 1.807) is 11.8 Å². The first-order chi connectivity index (χ1) is 15.0. The molecular weight excluding hydrogens is 428 g/mol. The van der Waals surface area contributed by atoms with Crippen LogP contribution in [-0.2, 0) is 17.9 Å². The van der Waals surface area contributed by atoms with Crippen LogP contribution in [0.4, 0.5) is 0 Å². The van der Waals surface area contributed by atoms with Crippen molar-refractivity contribution < 1.29 is 9.59 Å². The van der Waals surface area contributed by atoms with E-state index in [-0.39, 0.29) is 17.2 Å². The Kier molecular flexibility index (Phi) is 6.64. The highest BCUT2D eigenvalue weighted by atomic mass is 35.5. The molecule has 1 fully saturated rings. The lowest BCUT2D eigenvalue weighted by Gasteiger charge is -2.24. The van der Waals surface area contributed by atoms with Gasteiger partial charge in [-0.2, -0.15) is 0 Å². The highest BCUT2D eigenvalue weighted by Crippen LogP contribution is 2.39. The van der Waals surface area contributed by atoms with Crippen molar-refractivity contribution in [2.45, 2.75) is 25.4 Å². The average Bonchev–Trinajstić information content (AvgIpc) is 3.14. The van der Waals surface area contributed by atoms with Crippen LogP contribution in [0.5, 0.6) is 0 Å². The largest absolute Gasteiger partial charge is 0.348 e. The van der Waals surface area contributed by atoms with Crippen molar-refractivity contribution in [3.63, 3.8) is 0 Å². The summed E-state index contributed by atoms with van der Waals surface area (Å²) in [5.74, 6) is 0.461. The van der Waals surface area contributed by atoms with Crippen LogP contribution in [0.25, 0.3) is 0 Å². The molecule has 4 rings (SSSR count). The Morgan fingerprint density at radius 1 is 1.06 bits per heavy atom. The van der Waals surface area contributed by atoms with Gasteiger partial charge in [0.15, 0.2) is 0 Å². The second-order valence-corrected chi connectivity index (χ2v) is 9.11. The molecule has 0 unspecified atom stereocenters. The van der Waals surface area contributed by atoms with E-state index in [4.69, 9.17) is 11.6 Å². The van der Waals surface area contributed by atoms with Crippen molar-refractivity contribution >= 4 is 35.2 Å². The molecule has 158 valence electrons. The minimum absolute atomic E-state index is 0.0624. The van der Waals surface area contributed by atoms with Gasteiger partial charge in [-0.15, -0.1) is 11.8 Å².